The molecule has 0 radical (unpaired) electrons. The van der Waals surface area contributed by atoms with Crippen LogP contribution < -0.4 is 0 Å². The van der Waals surface area contributed by atoms with E-state index in [9.17, 15) is 0 Å². The third kappa shape index (κ3) is 1.94. The van der Waals surface area contributed by atoms with E-state index in [4.69, 9.17) is 0 Å². The summed E-state index contributed by atoms with van der Waals surface area (Å²) < 4.78 is 1.83. The van der Waals surface area contributed by atoms with Gasteiger partial charge < -0.3 is 0 Å². The average molecular weight is 245 g/mol. The maximum atomic E-state index is 4.66. The number of nitrogens with one attached hydrogen (secondary N) is 1. The van der Waals surface area contributed by atoms with Crippen molar-refractivity contribution in [3.05, 3.63) is 17.7 Å². The van der Waals surface area contributed by atoms with Crippen LogP contribution in [-0.2, 0) is 13.5 Å². The predicted octanol–water partition coefficient (Wildman–Crippen LogP) is 2.43. The molecular weight excluding hydrogens is 226 g/mol. The van der Waals surface area contributed by atoms with E-state index in [1.54, 1.807) is 0 Å². The van der Waals surface area contributed by atoms with Crippen LogP contribution >= 0.6 is 0 Å². The minimum atomic E-state index is 0.577. The minimum Gasteiger partial charge on any atom is -0.275 e. The van der Waals surface area contributed by atoms with Gasteiger partial charge in [-0.3, -0.25) is 9.78 Å². The average Bonchev–Trinajstić information content (AvgIpc) is 3.08. The van der Waals surface area contributed by atoms with E-state index in [0.29, 0.717) is 5.92 Å². The van der Waals surface area contributed by atoms with Crippen LogP contribution in [0.2, 0.25) is 0 Å². The first kappa shape index (κ1) is 11.4. The largest absolute Gasteiger partial charge is 0.275 e. The molecule has 1 N–H and O–H groups in total. The van der Waals surface area contributed by atoms with Crippen molar-refractivity contribution < 1.29 is 0 Å². The Kier molecular flexibility index (Phi) is 2.89. The van der Waals surface area contributed by atoms with Crippen molar-refractivity contribution in [2.45, 2.75) is 44.9 Å². The number of rotatable bonds is 3. The summed E-state index contributed by atoms with van der Waals surface area (Å²) in [4.78, 5) is 4.66. The molecule has 0 atom stereocenters. The molecule has 0 aromatic carbocycles. The molecule has 1 aliphatic carbocycles. The van der Waals surface area contributed by atoms with Crippen molar-refractivity contribution in [3.63, 3.8) is 0 Å². The van der Waals surface area contributed by atoms with Crippen molar-refractivity contribution in [2.75, 3.05) is 0 Å². The van der Waals surface area contributed by atoms with E-state index < -0.39 is 0 Å². The topological polar surface area (TPSA) is 59.4 Å². The lowest BCUT2D eigenvalue weighted by atomic mass is 10.1. The van der Waals surface area contributed by atoms with Gasteiger partial charge in [0.2, 0.25) is 0 Å². The van der Waals surface area contributed by atoms with Crippen LogP contribution in [0.3, 0.4) is 0 Å². The summed E-state index contributed by atoms with van der Waals surface area (Å²) in [5, 5.41) is 11.9. The molecule has 1 aliphatic rings. The molecular formula is C13H19N5. The highest BCUT2D eigenvalue weighted by Gasteiger charge is 2.22. The standard InChI is InChI=1S/C13H19N5/c1-3-11-10(8-18(2)17-11)13-14-12(15-16-13)9-6-4-5-7-9/h8-9H,3-7H2,1-2H3,(H,14,15,16). The Morgan fingerprint density at radius 1 is 1.39 bits per heavy atom. The zero-order valence-corrected chi connectivity index (χ0v) is 11.0. The lowest BCUT2D eigenvalue weighted by molar-refractivity contribution is 0.672. The molecule has 2 aromatic rings. The Balaban J connectivity index is 1.92. The second-order valence-corrected chi connectivity index (χ2v) is 5.04. The van der Waals surface area contributed by atoms with Gasteiger partial charge in [-0.25, -0.2) is 4.98 Å². The Hall–Kier alpha value is -1.65. The molecule has 0 saturated heterocycles. The second-order valence-electron chi connectivity index (χ2n) is 5.04. The highest BCUT2D eigenvalue weighted by Crippen LogP contribution is 2.32. The Morgan fingerprint density at radius 2 is 2.17 bits per heavy atom. The minimum absolute atomic E-state index is 0.577. The zero-order chi connectivity index (χ0) is 12.5. The van der Waals surface area contributed by atoms with Gasteiger partial charge in [-0.05, 0) is 19.3 Å². The van der Waals surface area contributed by atoms with Crippen LogP contribution in [0.1, 0.15) is 50.0 Å². The van der Waals surface area contributed by atoms with E-state index in [2.05, 4.69) is 27.2 Å². The third-order valence-electron chi connectivity index (χ3n) is 3.73. The molecule has 3 rings (SSSR count). The molecule has 0 spiro atoms. The van der Waals surface area contributed by atoms with Crippen molar-refractivity contribution >= 4 is 0 Å². The maximum Gasteiger partial charge on any atom is 0.184 e. The van der Waals surface area contributed by atoms with Crippen molar-refractivity contribution in [2.24, 2.45) is 7.05 Å². The normalized spacial score (nSPS) is 16.6. The number of aryl methyl sites for hydroxylation is 2. The molecule has 5 heteroatoms. The Morgan fingerprint density at radius 3 is 2.89 bits per heavy atom. The van der Waals surface area contributed by atoms with Crippen LogP contribution in [0.4, 0.5) is 0 Å². The van der Waals surface area contributed by atoms with Crippen LogP contribution in [0.5, 0.6) is 0 Å². The lowest BCUT2D eigenvalue weighted by Crippen LogP contribution is -1.94. The SMILES string of the molecule is CCc1nn(C)cc1-c1n[nH]c(C2CCCC2)n1. The van der Waals surface area contributed by atoms with Gasteiger partial charge in [0, 0.05) is 19.2 Å². The van der Waals surface area contributed by atoms with Gasteiger partial charge >= 0.3 is 0 Å². The number of H-pyrrole nitrogens is 1. The Bertz CT molecular complexity index is 533. The summed E-state index contributed by atoms with van der Waals surface area (Å²) in [7, 11) is 1.94. The molecule has 2 aromatic heterocycles. The van der Waals surface area contributed by atoms with E-state index in [0.717, 1.165) is 29.3 Å². The molecule has 0 aliphatic heterocycles. The van der Waals surface area contributed by atoms with E-state index in [1.165, 1.54) is 25.7 Å². The van der Waals surface area contributed by atoms with Crippen molar-refractivity contribution in [1.29, 1.82) is 0 Å². The molecule has 0 amide bonds. The molecule has 1 saturated carbocycles. The number of hydrogen-bond acceptors (Lipinski definition) is 3. The van der Waals surface area contributed by atoms with Crippen molar-refractivity contribution in [3.8, 4) is 11.4 Å². The third-order valence-corrected chi connectivity index (χ3v) is 3.73. The van der Waals surface area contributed by atoms with Crippen molar-refractivity contribution in [1.82, 2.24) is 25.0 Å². The smallest absolute Gasteiger partial charge is 0.184 e. The first-order valence-corrected chi connectivity index (χ1v) is 6.73. The zero-order valence-electron chi connectivity index (χ0n) is 11.0. The summed E-state index contributed by atoms with van der Waals surface area (Å²) in [5.74, 6) is 2.42. The number of hydrogen-bond donors (Lipinski definition) is 1. The van der Waals surface area contributed by atoms with Gasteiger partial charge in [0.1, 0.15) is 5.82 Å². The summed E-state index contributed by atoms with van der Waals surface area (Å²) >= 11 is 0. The highest BCUT2D eigenvalue weighted by molar-refractivity contribution is 5.56. The maximum absolute atomic E-state index is 4.66. The van der Waals surface area contributed by atoms with Crippen LogP contribution in [-0.4, -0.2) is 25.0 Å². The number of aromatic amines is 1. The van der Waals surface area contributed by atoms with Crippen LogP contribution in [0.15, 0.2) is 6.20 Å². The molecule has 96 valence electrons. The van der Waals surface area contributed by atoms with Gasteiger partial charge in [-0.15, -0.1) is 0 Å². The van der Waals surface area contributed by atoms with E-state index >= 15 is 0 Å². The van der Waals surface area contributed by atoms with Crippen LogP contribution in [0, 0.1) is 0 Å². The first-order valence-electron chi connectivity index (χ1n) is 6.73. The summed E-state index contributed by atoms with van der Waals surface area (Å²) in [6.45, 7) is 2.11. The van der Waals surface area contributed by atoms with E-state index in [1.807, 2.05) is 17.9 Å². The van der Waals surface area contributed by atoms with Gasteiger partial charge in [0.25, 0.3) is 0 Å². The summed E-state index contributed by atoms with van der Waals surface area (Å²) in [6.07, 6.45) is 8.01. The fourth-order valence-electron chi connectivity index (χ4n) is 2.76. The van der Waals surface area contributed by atoms with E-state index in [-0.39, 0.29) is 0 Å². The number of aromatic nitrogens is 5. The molecule has 18 heavy (non-hydrogen) atoms. The fraction of sp³-hybridized carbons (Fsp3) is 0.615. The van der Waals surface area contributed by atoms with Gasteiger partial charge in [-0.1, -0.05) is 19.8 Å². The predicted molar refractivity (Wildman–Crippen MR) is 69.2 cm³/mol. The van der Waals surface area contributed by atoms with Crippen LogP contribution in [0.25, 0.3) is 11.4 Å². The summed E-state index contributed by atoms with van der Waals surface area (Å²) in [6, 6.07) is 0. The second kappa shape index (κ2) is 4.55. The van der Waals surface area contributed by atoms with Gasteiger partial charge in [0.05, 0.1) is 11.3 Å². The molecule has 0 bridgehead atoms. The Labute approximate surface area is 107 Å². The quantitative estimate of drug-likeness (QED) is 0.903. The molecule has 1 fully saturated rings. The highest BCUT2D eigenvalue weighted by atomic mass is 15.3. The van der Waals surface area contributed by atoms with Gasteiger partial charge in [0.15, 0.2) is 5.82 Å². The first-order chi connectivity index (χ1) is 8.78. The lowest BCUT2D eigenvalue weighted by Gasteiger charge is -2.01. The number of nitrogens with zero attached hydrogens (tertiary/aromatic N) is 4. The summed E-state index contributed by atoms with van der Waals surface area (Å²) in [5.41, 5.74) is 2.12. The molecule has 2 heterocycles. The molecule has 0 unspecified atom stereocenters. The monoisotopic (exact) mass is 245 g/mol. The molecule has 5 nitrogen and oxygen atoms in total. The fourth-order valence-corrected chi connectivity index (χ4v) is 2.76. The van der Waals surface area contributed by atoms with Gasteiger partial charge in [-0.2, -0.15) is 10.2 Å².